The highest BCUT2D eigenvalue weighted by Gasteiger charge is 2.23. The highest BCUT2D eigenvalue weighted by Crippen LogP contribution is 2.30. The topological polar surface area (TPSA) is 66.0 Å². The van der Waals surface area contributed by atoms with Crippen molar-refractivity contribution in [2.45, 2.75) is 38.8 Å². The lowest BCUT2D eigenvalue weighted by atomic mass is 10.1. The van der Waals surface area contributed by atoms with E-state index in [1.807, 2.05) is 12.4 Å². The van der Waals surface area contributed by atoms with Gasteiger partial charge in [0.05, 0.1) is 12.3 Å². The van der Waals surface area contributed by atoms with E-state index in [9.17, 15) is 0 Å². The van der Waals surface area contributed by atoms with Crippen molar-refractivity contribution in [3.8, 4) is 5.75 Å². The Labute approximate surface area is 204 Å². The van der Waals surface area contributed by atoms with Gasteiger partial charge in [-0.25, -0.2) is 9.97 Å². The standard InChI is InChI=1S/C26H40N6O2/c1-4-21-18-28-26(29-19-21)32-10-7-23(8-11-32)34-25-6-5-22(17-24(25)27-9-16-33-3)20-31-14-12-30(2)13-15-31/h5-6,17-19,23,27H,4,7-16,20H2,1-3H3. The molecule has 3 heterocycles. The number of methoxy groups -OCH3 is 1. The fourth-order valence-electron chi connectivity index (χ4n) is 4.52. The van der Waals surface area contributed by atoms with Gasteiger partial charge in [-0.15, -0.1) is 0 Å². The number of aromatic nitrogens is 2. The van der Waals surface area contributed by atoms with Crippen LogP contribution < -0.4 is 15.0 Å². The molecule has 2 fully saturated rings. The molecule has 2 aromatic rings. The van der Waals surface area contributed by atoms with E-state index in [0.717, 1.165) is 89.0 Å². The first-order valence-electron chi connectivity index (χ1n) is 12.6. The Morgan fingerprint density at radius 2 is 1.74 bits per heavy atom. The molecule has 0 atom stereocenters. The number of aryl methyl sites for hydroxylation is 1. The van der Waals surface area contributed by atoms with E-state index >= 15 is 0 Å². The zero-order chi connectivity index (χ0) is 23.8. The molecule has 186 valence electrons. The summed E-state index contributed by atoms with van der Waals surface area (Å²) >= 11 is 0. The van der Waals surface area contributed by atoms with Gasteiger partial charge in [0.25, 0.3) is 0 Å². The minimum absolute atomic E-state index is 0.192. The maximum Gasteiger partial charge on any atom is 0.225 e. The summed E-state index contributed by atoms with van der Waals surface area (Å²) in [6.07, 6.45) is 6.95. The lowest BCUT2D eigenvalue weighted by Gasteiger charge is -2.33. The summed E-state index contributed by atoms with van der Waals surface area (Å²) in [5.74, 6) is 1.76. The van der Waals surface area contributed by atoms with Gasteiger partial charge in [-0.2, -0.15) is 0 Å². The second-order valence-electron chi connectivity index (χ2n) is 9.38. The van der Waals surface area contributed by atoms with Crippen LogP contribution in [0.5, 0.6) is 5.75 Å². The van der Waals surface area contributed by atoms with Crippen LogP contribution in [0.15, 0.2) is 30.6 Å². The largest absolute Gasteiger partial charge is 0.488 e. The zero-order valence-corrected chi connectivity index (χ0v) is 21.0. The number of piperidine rings is 1. The van der Waals surface area contributed by atoms with Crippen LogP contribution in [0.3, 0.4) is 0 Å². The third-order valence-electron chi connectivity index (χ3n) is 6.79. The Hall–Kier alpha value is -2.42. The minimum atomic E-state index is 0.192. The third-order valence-corrected chi connectivity index (χ3v) is 6.79. The fraction of sp³-hybridized carbons (Fsp3) is 0.615. The number of anilines is 2. The molecule has 0 spiro atoms. The molecule has 8 heteroatoms. The molecule has 1 N–H and O–H groups in total. The normalized spacial score (nSPS) is 18.3. The zero-order valence-electron chi connectivity index (χ0n) is 21.0. The SMILES string of the molecule is CCc1cnc(N2CCC(Oc3ccc(CN4CCN(C)CC4)cc3NCCOC)CC2)nc1. The number of hydrogen-bond acceptors (Lipinski definition) is 8. The molecule has 2 aliphatic heterocycles. The van der Waals surface area contributed by atoms with Gasteiger partial charge in [0.1, 0.15) is 11.9 Å². The molecule has 34 heavy (non-hydrogen) atoms. The summed E-state index contributed by atoms with van der Waals surface area (Å²) in [6, 6.07) is 6.61. The van der Waals surface area contributed by atoms with Gasteiger partial charge in [-0.05, 0) is 36.7 Å². The first-order chi connectivity index (χ1) is 16.6. The van der Waals surface area contributed by atoms with Crippen molar-refractivity contribution in [2.24, 2.45) is 0 Å². The van der Waals surface area contributed by atoms with Crippen LogP contribution in [-0.4, -0.2) is 92.4 Å². The molecular formula is C26H40N6O2. The van der Waals surface area contributed by atoms with Crippen molar-refractivity contribution in [3.63, 3.8) is 0 Å². The average molecular weight is 469 g/mol. The molecule has 0 aliphatic carbocycles. The van der Waals surface area contributed by atoms with Crippen LogP contribution in [0.25, 0.3) is 0 Å². The molecule has 1 aromatic carbocycles. The van der Waals surface area contributed by atoms with Crippen LogP contribution >= 0.6 is 0 Å². The molecule has 2 saturated heterocycles. The van der Waals surface area contributed by atoms with Gasteiger partial charge in [-0.1, -0.05) is 13.0 Å². The number of likely N-dealkylation sites (N-methyl/N-ethyl adjacent to an activating group) is 1. The summed E-state index contributed by atoms with van der Waals surface area (Å²) in [5, 5.41) is 3.53. The molecule has 4 rings (SSSR count). The summed E-state index contributed by atoms with van der Waals surface area (Å²) < 4.78 is 11.8. The number of rotatable bonds is 10. The van der Waals surface area contributed by atoms with Crippen LogP contribution in [0, 0.1) is 0 Å². The Morgan fingerprint density at radius 1 is 1.00 bits per heavy atom. The first-order valence-corrected chi connectivity index (χ1v) is 12.6. The van der Waals surface area contributed by atoms with Gasteiger partial charge < -0.3 is 24.6 Å². The Bertz CT molecular complexity index is 877. The van der Waals surface area contributed by atoms with Crippen molar-refractivity contribution < 1.29 is 9.47 Å². The number of nitrogens with zero attached hydrogens (tertiary/aromatic N) is 5. The van der Waals surface area contributed by atoms with Gasteiger partial charge in [0.2, 0.25) is 5.95 Å². The van der Waals surface area contributed by atoms with E-state index in [4.69, 9.17) is 9.47 Å². The van der Waals surface area contributed by atoms with Crippen molar-refractivity contribution in [2.75, 3.05) is 76.8 Å². The molecule has 2 aliphatic rings. The van der Waals surface area contributed by atoms with Gasteiger partial charge in [0.15, 0.2) is 0 Å². The average Bonchev–Trinajstić information content (AvgIpc) is 2.87. The molecular weight excluding hydrogens is 428 g/mol. The molecule has 0 radical (unpaired) electrons. The van der Waals surface area contributed by atoms with E-state index < -0.39 is 0 Å². The number of piperazine rings is 1. The predicted octanol–water partition coefficient (Wildman–Crippen LogP) is 2.89. The van der Waals surface area contributed by atoms with Crippen molar-refractivity contribution in [1.29, 1.82) is 0 Å². The summed E-state index contributed by atoms with van der Waals surface area (Å²) in [6.45, 7) is 10.8. The smallest absolute Gasteiger partial charge is 0.225 e. The molecule has 8 nitrogen and oxygen atoms in total. The van der Waals surface area contributed by atoms with E-state index in [2.05, 4.69) is 62.2 Å². The number of nitrogens with one attached hydrogen (secondary N) is 1. The van der Waals surface area contributed by atoms with E-state index in [1.54, 1.807) is 7.11 Å². The number of hydrogen-bond donors (Lipinski definition) is 1. The molecule has 0 bridgehead atoms. The van der Waals surface area contributed by atoms with Crippen LogP contribution in [-0.2, 0) is 17.7 Å². The van der Waals surface area contributed by atoms with E-state index in [1.165, 1.54) is 11.1 Å². The predicted molar refractivity (Wildman–Crippen MR) is 137 cm³/mol. The maximum atomic E-state index is 6.51. The van der Waals surface area contributed by atoms with Gasteiger partial charge >= 0.3 is 0 Å². The van der Waals surface area contributed by atoms with Crippen LogP contribution in [0.2, 0.25) is 0 Å². The Morgan fingerprint density at radius 3 is 2.41 bits per heavy atom. The second-order valence-corrected chi connectivity index (χ2v) is 9.38. The molecule has 0 saturated carbocycles. The number of ether oxygens (including phenoxy) is 2. The van der Waals surface area contributed by atoms with Crippen LogP contribution in [0.4, 0.5) is 11.6 Å². The fourth-order valence-corrected chi connectivity index (χ4v) is 4.52. The quantitative estimate of drug-likeness (QED) is 0.534. The van der Waals surface area contributed by atoms with Crippen LogP contribution in [0.1, 0.15) is 30.9 Å². The third kappa shape index (κ3) is 6.81. The van der Waals surface area contributed by atoms with Crippen molar-refractivity contribution in [1.82, 2.24) is 19.8 Å². The van der Waals surface area contributed by atoms with E-state index in [0.29, 0.717) is 6.61 Å². The lowest BCUT2D eigenvalue weighted by Crippen LogP contribution is -2.43. The Kier molecular flexibility index (Phi) is 8.96. The summed E-state index contributed by atoms with van der Waals surface area (Å²) in [5.41, 5.74) is 3.55. The Balaban J connectivity index is 1.36. The van der Waals surface area contributed by atoms with E-state index in [-0.39, 0.29) is 6.10 Å². The summed E-state index contributed by atoms with van der Waals surface area (Å²) in [4.78, 5) is 16.3. The van der Waals surface area contributed by atoms with Gasteiger partial charge in [-0.3, -0.25) is 4.90 Å². The monoisotopic (exact) mass is 468 g/mol. The van der Waals surface area contributed by atoms with Crippen molar-refractivity contribution in [3.05, 3.63) is 41.7 Å². The summed E-state index contributed by atoms with van der Waals surface area (Å²) in [7, 11) is 3.93. The number of benzene rings is 1. The van der Waals surface area contributed by atoms with Crippen molar-refractivity contribution >= 4 is 11.6 Å². The van der Waals surface area contributed by atoms with Gasteiger partial charge in [0, 0.05) is 84.7 Å². The lowest BCUT2D eigenvalue weighted by molar-refractivity contribution is 0.148. The molecule has 1 aromatic heterocycles. The first kappa shape index (κ1) is 24.7. The highest BCUT2D eigenvalue weighted by molar-refractivity contribution is 5.58. The minimum Gasteiger partial charge on any atom is -0.488 e. The highest BCUT2D eigenvalue weighted by atomic mass is 16.5. The second kappa shape index (κ2) is 12.3. The maximum absolute atomic E-state index is 6.51. The molecule has 0 amide bonds. The molecule has 0 unspecified atom stereocenters.